The Labute approximate surface area is 131 Å². The molecule has 0 saturated carbocycles. The standard InChI is InChI=1S/C15H17BrN2OS/c1-18(14-8-7-11(16)10-13(14)17)15(19)6-2-4-12-5-3-9-20-12/h3,5,7-10H,2,4,6,17H2,1H3. The number of carbonyl (C=O) groups is 1. The molecule has 0 spiro atoms. The van der Waals surface area contributed by atoms with E-state index < -0.39 is 0 Å². The highest BCUT2D eigenvalue weighted by atomic mass is 79.9. The van der Waals surface area contributed by atoms with Crippen molar-refractivity contribution in [2.45, 2.75) is 19.3 Å². The highest BCUT2D eigenvalue weighted by molar-refractivity contribution is 9.10. The van der Waals surface area contributed by atoms with Crippen molar-refractivity contribution in [3.63, 3.8) is 0 Å². The van der Waals surface area contributed by atoms with E-state index in [9.17, 15) is 4.79 Å². The molecule has 5 heteroatoms. The van der Waals surface area contributed by atoms with E-state index in [-0.39, 0.29) is 5.91 Å². The Balaban J connectivity index is 1.91. The molecule has 0 saturated heterocycles. The van der Waals surface area contributed by atoms with Crippen LogP contribution in [0.5, 0.6) is 0 Å². The van der Waals surface area contributed by atoms with Gasteiger partial charge in [-0.25, -0.2) is 0 Å². The fraction of sp³-hybridized carbons (Fsp3) is 0.267. The van der Waals surface area contributed by atoms with Crippen LogP contribution in [0.4, 0.5) is 11.4 Å². The van der Waals surface area contributed by atoms with Crippen molar-refractivity contribution in [3.8, 4) is 0 Å². The molecule has 3 nitrogen and oxygen atoms in total. The number of nitrogens with zero attached hydrogens (tertiary/aromatic N) is 1. The lowest BCUT2D eigenvalue weighted by atomic mass is 10.2. The van der Waals surface area contributed by atoms with Crippen molar-refractivity contribution >= 4 is 44.5 Å². The monoisotopic (exact) mass is 352 g/mol. The van der Waals surface area contributed by atoms with Gasteiger partial charge in [-0.3, -0.25) is 4.79 Å². The number of anilines is 2. The van der Waals surface area contributed by atoms with Crippen molar-refractivity contribution < 1.29 is 4.79 Å². The lowest BCUT2D eigenvalue weighted by Gasteiger charge is -2.19. The molecular weight excluding hydrogens is 336 g/mol. The van der Waals surface area contributed by atoms with Gasteiger partial charge in [0, 0.05) is 22.8 Å². The first-order valence-electron chi connectivity index (χ1n) is 6.42. The number of nitrogens with two attached hydrogens (primary N) is 1. The Morgan fingerprint density at radius 3 is 2.85 bits per heavy atom. The third-order valence-electron chi connectivity index (χ3n) is 3.12. The molecule has 1 aromatic heterocycles. The van der Waals surface area contributed by atoms with Gasteiger partial charge in [0.1, 0.15) is 0 Å². The van der Waals surface area contributed by atoms with Crippen LogP contribution in [0.25, 0.3) is 0 Å². The summed E-state index contributed by atoms with van der Waals surface area (Å²) in [4.78, 5) is 15.1. The van der Waals surface area contributed by atoms with Gasteiger partial charge in [-0.1, -0.05) is 22.0 Å². The van der Waals surface area contributed by atoms with E-state index in [0.29, 0.717) is 12.1 Å². The summed E-state index contributed by atoms with van der Waals surface area (Å²) >= 11 is 5.10. The summed E-state index contributed by atoms with van der Waals surface area (Å²) in [6.07, 6.45) is 2.34. The molecule has 2 aromatic rings. The molecule has 2 rings (SSSR count). The maximum absolute atomic E-state index is 12.2. The first kappa shape index (κ1) is 15.1. The molecule has 0 aliphatic heterocycles. The van der Waals surface area contributed by atoms with Crippen molar-refractivity contribution in [1.82, 2.24) is 0 Å². The van der Waals surface area contributed by atoms with Crippen LogP contribution < -0.4 is 10.6 Å². The summed E-state index contributed by atoms with van der Waals surface area (Å²) in [5.41, 5.74) is 7.31. The molecule has 2 N–H and O–H groups in total. The Morgan fingerprint density at radius 1 is 1.40 bits per heavy atom. The average Bonchev–Trinajstić information content (AvgIpc) is 2.91. The predicted molar refractivity (Wildman–Crippen MR) is 89.2 cm³/mol. The van der Waals surface area contributed by atoms with E-state index in [4.69, 9.17) is 5.73 Å². The second-order valence-electron chi connectivity index (χ2n) is 4.59. The van der Waals surface area contributed by atoms with Gasteiger partial charge in [-0.2, -0.15) is 0 Å². The number of carbonyl (C=O) groups excluding carboxylic acids is 1. The maximum atomic E-state index is 12.2. The van der Waals surface area contributed by atoms with Crippen LogP contribution in [0, 0.1) is 0 Å². The number of benzene rings is 1. The number of amides is 1. The van der Waals surface area contributed by atoms with Gasteiger partial charge < -0.3 is 10.6 Å². The van der Waals surface area contributed by atoms with Crippen molar-refractivity contribution in [2.24, 2.45) is 0 Å². The van der Waals surface area contributed by atoms with E-state index >= 15 is 0 Å². The molecular formula is C15H17BrN2OS. The SMILES string of the molecule is CN(C(=O)CCCc1cccs1)c1ccc(Br)cc1N. The maximum Gasteiger partial charge on any atom is 0.226 e. The molecule has 0 radical (unpaired) electrons. The summed E-state index contributed by atoms with van der Waals surface area (Å²) in [6.45, 7) is 0. The topological polar surface area (TPSA) is 46.3 Å². The Bertz CT molecular complexity index is 584. The Kier molecular flexibility index (Phi) is 5.20. The van der Waals surface area contributed by atoms with Crippen LogP contribution in [0.15, 0.2) is 40.2 Å². The highest BCUT2D eigenvalue weighted by Crippen LogP contribution is 2.26. The van der Waals surface area contributed by atoms with Gasteiger partial charge in [-0.05, 0) is 42.5 Å². The van der Waals surface area contributed by atoms with Crippen LogP contribution in [-0.4, -0.2) is 13.0 Å². The lowest BCUT2D eigenvalue weighted by Crippen LogP contribution is -2.26. The third-order valence-corrected chi connectivity index (χ3v) is 4.55. The van der Waals surface area contributed by atoms with Crippen LogP contribution >= 0.6 is 27.3 Å². The van der Waals surface area contributed by atoms with E-state index in [1.807, 2.05) is 24.3 Å². The van der Waals surface area contributed by atoms with Crippen LogP contribution in [0.2, 0.25) is 0 Å². The molecule has 106 valence electrons. The Morgan fingerprint density at radius 2 is 2.20 bits per heavy atom. The molecule has 1 aromatic carbocycles. The number of hydrogen-bond donors (Lipinski definition) is 1. The predicted octanol–water partition coefficient (Wildman–Crippen LogP) is 4.08. The minimum absolute atomic E-state index is 0.0931. The van der Waals surface area contributed by atoms with Crippen LogP contribution in [-0.2, 0) is 11.2 Å². The first-order chi connectivity index (χ1) is 9.58. The third kappa shape index (κ3) is 3.84. The summed E-state index contributed by atoms with van der Waals surface area (Å²) < 4.78 is 0.914. The van der Waals surface area contributed by atoms with E-state index in [1.165, 1.54) is 4.88 Å². The van der Waals surface area contributed by atoms with Crippen LogP contribution in [0.3, 0.4) is 0 Å². The van der Waals surface area contributed by atoms with Gasteiger partial charge in [0.05, 0.1) is 11.4 Å². The summed E-state index contributed by atoms with van der Waals surface area (Å²) in [7, 11) is 1.77. The number of thiophene rings is 1. The number of nitrogen functional groups attached to an aromatic ring is 1. The molecule has 0 bridgehead atoms. The second-order valence-corrected chi connectivity index (χ2v) is 6.54. The van der Waals surface area contributed by atoms with Gasteiger partial charge >= 0.3 is 0 Å². The summed E-state index contributed by atoms with van der Waals surface area (Å²) in [6, 6.07) is 9.70. The van der Waals surface area contributed by atoms with Crippen molar-refractivity contribution in [3.05, 3.63) is 45.1 Å². The van der Waals surface area contributed by atoms with Gasteiger partial charge in [-0.15, -0.1) is 11.3 Å². The fourth-order valence-electron chi connectivity index (χ4n) is 2.00. The molecule has 0 fully saturated rings. The minimum atomic E-state index is 0.0931. The van der Waals surface area contributed by atoms with E-state index in [0.717, 1.165) is 23.0 Å². The Hall–Kier alpha value is -1.33. The van der Waals surface area contributed by atoms with Gasteiger partial charge in [0.15, 0.2) is 0 Å². The van der Waals surface area contributed by atoms with Crippen molar-refractivity contribution in [2.75, 3.05) is 17.7 Å². The molecule has 0 aliphatic rings. The molecule has 0 atom stereocenters. The summed E-state index contributed by atoms with van der Waals surface area (Å²) in [5.74, 6) is 0.0931. The van der Waals surface area contributed by atoms with Gasteiger partial charge in [0.25, 0.3) is 0 Å². The number of aryl methyl sites for hydroxylation is 1. The largest absolute Gasteiger partial charge is 0.397 e. The van der Waals surface area contributed by atoms with E-state index in [2.05, 4.69) is 27.4 Å². The molecule has 1 heterocycles. The zero-order valence-electron chi connectivity index (χ0n) is 11.3. The zero-order valence-corrected chi connectivity index (χ0v) is 13.7. The molecule has 20 heavy (non-hydrogen) atoms. The fourth-order valence-corrected chi connectivity index (χ4v) is 3.13. The quantitative estimate of drug-likeness (QED) is 0.824. The normalized spacial score (nSPS) is 10.5. The molecule has 0 unspecified atom stereocenters. The first-order valence-corrected chi connectivity index (χ1v) is 8.09. The average molecular weight is 353 g/mol. The van der Waals surface area contributed by atoms with Gasteiger partial charge in [0.2, 0.25) is 5.91 Å². The zero-order chi connectivity index (χ0) is 14.5. The smallest absolute Gasteiger partial charge is 0.226 e. The number of rotatable bonds is 5. The highest BCUT2D eigenvalue weighted by Gasteiger charge is 2.13. The molecule has 0 aliphatic carbocycles. The lowest BCUT2D eigenvalue weighted by molar-refractivity contribution is -0.118. The summed E-state index contributed by atoms with van der Waals surface area (Å²) in [5, 5.41) is 2.06. The van der Waals surface area contributed by atoms with E-state index in [1.54, 1.807) is 23.3 Å². The molecule has 1 amide bonds. The second kappa shape index (κ2) is 6.90. The van der Waals surface area contributed by atoms with Crippen molar-refractivity contribution in [1.29, 1.82) is 0 Å². The number of halogens is 1. The minimum Gasteiger partial charge on any atom is -0.397 e. The number of hydrogen-bond acceptors (Lipinski definition) is 3. The van der Waals surface area contributed by atoms with Crippen LogP contribution in [0.1, 0.15) is 17.7 Å².